The topological polar surface area (TPSA) is 126 Å². The SMILES string of the molecule is CCCC(N[S+]([O-])C(C)(C)C)c1ccc(OCCOCCOCCOCCOCCOCCOCCN)cc1. The van der Waals surface area contributed by atoms with Crippen LogP contribution in [0.1, 0.15) is 52.1 Å². The molecule has 0 aromatic heterocycles. The summed E-state index contributed by atoms with van der Waals surface area (Å²) in [5.74, 6) is 0.785. The minimum absolute atomic E-state index is 0.0503. The summed E-state index contributed by atoms with van der Waals surface area (Å²) in [6.45, 7) is 15.3. The zero-order valence-electron chi connectivity index (χ0n) is 24.5. The van der Waals surface area contributed by atoms with Crippen LogP contribution in [0.5, 0.6) is 5.75 Å². The molecule has 0 aliphatic heterocycles. The van der Waals surface area contributed by atoms with Crippen molar-refractivity contribution < 1.29 is 37.7 Å². The van der Waals surface area contributed by atoms with Gasteiger partial charge in [-0.1, -0.05) is 25.5 Å². The molecule has 1 aromatic rings. The van der Waals surface area contributed by atoms with Crippen molar-refractivity contribution in [2.45, 2.75) is 51.3 Å². The Morgan fingerprint density at radius 3 is 1.51 bits per heavy atom. The average Bonchev–Trinajstić information content (AvgIpc) is 2.91. The van der Waals surface area contributed by atoms with Crippen molar-refractivity contribution in [3.63, 3.8) is 0 Å². The Kier molecular flexibility index (Phi) is 21.9. The average molecular weight is 577 g/mol. The summed E-state index contributed by atoms with van der Waals surface area (Å²) in [4.78, 5) is 0. The van der Waals surface area contributed by atoms with Gasteiger partial charge in [-0.15, -0.1) is 4.72 Å². The second kappa shape index (κ2) is 23.7. The summed E-state index contributed by atoms with van der Waals surface area (Å²) >= 11 is -1.12. The fourth-order valence-corrected chi connectivity index (χ4v) is 4.05. The van der Waals surface area contributed by atoms with E-state index in [0.29, 0.717) is 92.4 Å². The van der Waals surface area contributed by atoms with Crippen LogP contribution in [0.2, 0.25) is 0 Å². The molecule has 0 aliphatic carbocycles. The first kappa shape index (κ1) is 36.0. The van der Waals surface area contributed by atoms with Crippen LogP contribution in [0, 0.1) is 0 Å². The number of nitrogens with two attached hydrogens (primary N) is 1. The summed E-state index contributed by atoms with van der Waals surface area (Å²) in [7, 11) is 0. The first-order valence-electron chi connectivity index (χ1n) is 14.0. The highest BCUT2D eigenvalue weighted by Gasteiger charge is 2.29. The molecule has 1 aromatic carbocycles. The van der Waals surface area contributed by atoms with E-state index in [9.17, 15) is 4.55 Å². The van der Waals surface area contributed by atoms with Crippen molar-refractivity contribution in [3.05, 3.63) is 29.8 Å². The van der Waals surface area contributed by atoms with E-state index >= 15 is 0 Å². The quantitative estimate of drug-likeness (QED) is 0.126. The normalized spacial score (nSPS) is 13.5. The van der Waals surface area contributed by atoms with E-state index in [2.05, 4.69) is 11.6 Å². The number of hydrogen-bond donors (Lipinski definition) is 2. The van der Waals surface area contributed by atoms with E-state index in [1.807, 2.05) is 45.0 Å². The van der Waals surface area contributed by atoms with E-state index in [-0.39, 0.29) is 10.8 Å². The van der Waals surface area contributed by atoms with Gasteiger partial charge < -0.3 is 43.4 Å². The van der Waals surface area contributed by atoms with E-state index < -0.39 is 11.4 Å². The second-order valence-corrected chi connectivity index (χ2v) is 11.7. The van der Waals surface area contributed by atoms with Gasteiger partial charge in [-0.2, -0.15) is 0 Å². The molecule has 0 amide bonds. The van der Waals surface area contributed by atoms with Gasteiger partial charge in [0.1, 0.15) is 17.1 Å². The lowest BCUT2D eigenvalue weighted by atomic mass is 10.0. The molecule has 11 heteroatoms. The molecule has 2 atom stereocenters. The monoisotopic (exact) mass is 576 g/mol. The summed E-state index contributed by atoms with van der Waals surface area (Å²) in [5, 5.41) is 0. The summed E-state index contributed by atoms with van der Waals surface area (Å²) in [6.07, 6.45) is 1.92. The highest BCUT2D eigenvalue weighted by Crippen LogP contribution is 2.25. The lowest BCUT2D eigenvalue weighted by Crippen LogP contribution is -2.41. The molecule has 0 saturated heterocycles. The van der Waals surface area contributed by atoms with Crippen LogP contribution in [0.3, 0.4) is 0 Å². The van der Waals surface area contributed by atoms with Crippen LogP contribution >= 0.6 is 0 Å². The molecule has 228 valence electrons. The van der Waals surface area contributed by atoms with Crippen LogP contribution < -0.4 is 15.2 Å². The number of benzene rings is 1. The third-order valence-corrected chi connectivity index (χ3v) is 6.89. The van der Waals surface area contributed by atoms with Crippen LogP contribution in [0.25, 0.3) is 0 Å². The number of hydrogen-bond acceptors (Lipinski definition) is 10. The van der Waals surface area contributed by atoms with Gasteiger partial charge in [0, 0.05) is 17.9 Å². The standard InChI is InChI=1S/C28H52N2O8S/c1-5-6-27(30-39(31)28(2,3)4)25-7-9-26(10-8-25)38-24-23-37-22-21-36-20-19-35-18-17-34-16-15-33-14-13-32-12-11-29/h7-10,27,30H,5-6,11-24,29H2,1-4H3. The Morgan fingerprint density at radius 1 is 0.718 bits per heavy atom. The molecule has 0 fully saturated rings. The largest absolute Gasteiger partial charge is 0.598 e. The molecular formula is C28H52N2O8S. The van der Waals surface area contributed by atoms with Gasteiger partial charge in [0.15, 0.2) is 0 Å². The maximum Gasteiger partial charge on any atom is 0.136 e. The van der Waals surface area contributed by atoms with Gasteiger partial charge in [0.2, 0.25) is 0 Å². The number of rotatable bonds is 26. The highest BCUT2D eigenvalue weighted by atomic mass is 32.2. The third-order valence-electron chi connectivity index (χ3n) is 5.28. The minimum Gasteiger partial charge on any atom is -0.598 e. The first-order valence-corrected chi connectivity index (χ1v) is 15.1. The Bertz CT molecular complexity index is 679. The zero-order chi connectivity index (χ0) is 28.6. The fourth-order valence-electron chi connectivity index (χ4n) is 3.19. The minimum atomic E-state index is -1.12. The van der Waals surface area contributed by atoms with Crippen LogP contribution in [0.4, 0.5) is 0 Å². The Hall–Kier alpha value is -0.990. The molecule has 3 N–H and O–H groups in total. The highest BCUT2D eigenvalue weighted by molar-refractivity contribution is 7.90. The molecular weight excluding hydrogens is 524 g/mol. The maximum absolute atomic E-state index is 12.5. The van der Waals surface area contributed by atoms with Crippen molar-refractivity contribution in [1.82, 2.24) is 4.72 Å². The van der Waals surface area contributed by atoms with Gasteiger partial charge in [0.05, 0.1) is 85.3 Å². The lowest BCUT2D eigenvalue weighted by Gasteiger charge is -2.28. The second-order valence-electron chi connectivity index (χ2n) is 9.72. The first-order chi connectivity index (χ1) is 18.9. The molecule has 10 nitrogen and oxygen atoms in total. The Morgan fingerprint density at radius 2 is 1.13 bits per heavy atom. The number of nitrogens with one attached hydrogen (secondary N) is 1. The molecule has 2 unspecified atom stereocenters. The Labute approximate surface area is 238 Å². The van der Waals surface area contributed by atoms with Gasteiger partial charge in [-0.25, -0.2) is 0 Å². The lowest BCUT2D eigenvalue weighted by molar-refractivity contribution is -0.0175. The molecule has 0 aliphatic rings. The predicted octanol–water partition coefficient (Wildman–Crippen LogP) is 3.02. The molecule has 0 heterocycles. The van der Waals surface area contributed by atoms with Gasteiger partial charge in [-0.3, -0.25) is 0 Å². The summed E-state index contributed by atoms with van der Waals surface area (Å²) in [5.41, 5.74) is 6.44. The van der Waals surface area contributed by atoms with Crippen molar-refractivity contribution >= 4 is 11.4 Å². The van der Waals surface area contributed by atoms with E-state index in [0.717, 1.165) is 24.2 Å². The van der Waals surface area contributed by atoms with Gasteiger partial charge >= 0.3 is 0 Å². The molecule has 0 bridgehead atoms. The van der Waals surface area contributed by atoms with Crippen molar-refractivity contribution in [2.75, 3.05) is 92.4 Å². The third kappa shape index (κ3) is 19.7. The summed E-state index contributed by atoms with van der Waals surface area (Å²) in [6, 6.07) is 8.01. The molecule has 0 spiro atoms. The maximum atomic E-state index is 12.5. The van der Waals surface area contributed by atoms with Gasteiger partial charge in [-0.05, 0) is 44.9 Å². The molecule has 0 radical (unpaired) electrons. The number of ether oxygens (including phenoxy) is 7. The smallest absolute Gasteiger partial charge is 0.136 e. The van der Waals surface area contributed by atoms with Crippen LogP contribution in [0.15, 0.2) is 24.3 Å². The van der Waals surface area contributed by atoms with Crippen molar-refractivity contribution in [2.24, 2.45) is 5.73 Å². The molecule has 1 rings (SSSR count). The molecule has 39 heavy (non-hydrogen) atoms. The zero-order valence-corrected chi connectivity index (χ0v) is 25.3. The van der Waals surface area contributed by atoms with Crippen molar-refractivity contribution in [1.29, 1.82) is 0 Å². The van der Waals surface area contributed by atoms with Crippen LogP contribution in [-0.4, -0.2) is 102 Å². The van der Waals surface area contributed by atoms with E-state index in [1.165, 1.54) is 0 Å². The summed E-state index contributed by atoms with van der Waals surface area (Å²) < 4.78 is 53.8. The van der Waals surface area contributed by atoms with E-state index in [4.69, 9.17) is 38.9 Å². The van der Waals surface area contributed by atoms with E-state index in [1.54, 1.807) is 0 Å². The van der Waals surface area contributed by atoms with Crippen molar-refractivity contribution in [3.8, 4) is 5.75 Å². The van der Waals surface area contributed by atoms with Gasteiger partial charge in [0.25, 0.3) is 0 Å². The Balaban J connectivity index is 1.97. The van der Waals surface area contributed by atoms with Crippen LogP contribution in [-0.2, 0) is 39.8 Å². The predicted molar refractivity (Wildman–Crippen MR) is 155 cm³/mol. The fraction of sp³-hybridized carbons (Fsp3) is 0.786. The molecule has 0 saturated carbocycles.